The number of alkyl halides is 2. The van der Waals surface area contributed by atoms with Gasteiger partial charge in [-0.15, -0.1) is 0 Å². The van der Waals surface area contributed by atoms with Gasteiger partial charge in [0.15, 0.2) is 0 Å². The van der Waals surface area contributed by atoms with Crippen molar-refractivity contribution in [1.82, 2.24) is 10.3 Å². The molecule has 0 radical (unpaired) electrons. The molecule has 0 amide bonds. The molecular formula is C12H17F2N3. The smallest absolute Gasteiger partial charge is 0.255 e. The van der Waals surface area contributed by atoms with Gasteiger partial charge in [0, 0.05) is 25.8 Å². The summed E-state index contributed by atoms with van der Waals surface area (Å²) in [6, 6.07) is 4.41. The molecule has 0 aromatic carbocycles. The molecule has 0 unspecified atom stereocenters. The van der Waals surface area contributed by atoms with Crippen molar-refractivity contribution in [3.63, 3.8) is 0 Å². The Labute approximate surface area is 99.8 Å². The molecule has 0 spiro atoms. The van der Waals surface area contributed by atoms with Gasteiger partial charge in [-0.3, -0.25) is 0 Å². The fourth-order valence-corrected chi connectivity index (χ4v) is 1.63. The second-order valence-corrected chi connectivity index (χ2v) is 4.45. The Balaban J connectivity index is 1.94. The Kier molecular flexibility index (Phi) is 3.89. The molecule has 0 atom stereocenters. The molecule has 1 fully saturated rings. The first-order chi connectivity index (χ1) is 8.15. The van der Waals surface area contributed by atoms with Gasteiger partial charge in [-0.05, 0) is 30.5 Å². The molecule has 94 valence electrons. The summed E-state index contributed by atoms with van der Waals surface area (Å²) in [4.78, 5) is 5.58. The number of hydrogen-bond donors (Lipinski definition) is 1. The molecule has 1 heterocycles. The van der Waals surface area contributed by atoms with E-state index >= 15 is 0 Å². The largest absolute Gasteiger partial charge is 0.354 e. The van der Waals surface area contributed by atoms with E-state index in [9.17, 15) is 8.78 Å². The van der Waals surface area contributed by atoms with E-state index in [2.05, 4.69) is 10.3 Å². The molecule has 3 nitrogen and oxygen atoms in total. The van der Waals surface area contributed by atoms with Crippen molar-refractivity contribution in [2.75, 3.05) is 18.5 Å². The Morgan fingerprint density at radius 1 is 1.53 bits per heavy atom. The van der Waals surface area contributed by atoms with Crippen molar-refractivity contribution in [2.24, 2.45) is 0 Å². The Hall–Kier alpha value is -1.23. The summed E-state index contributed by atoms with van der Waals surface area (Å²) in [6.07, 6.45) is 1.81. The standard InChI is InChI=1S/C12H17F2N3/c1-17(8-11(13)14)12-6-9(4-5-15-12)7-16-10-2-3-10/h4-6,10-11,16H,2-3,7-8H2,1H3. The number of hydrogen-bond acceptors (Lipinski definition) is 3. The first-order valence-electron chi connectivity index (χ1n) is 5.83. The van der Waals surface area contributed by atoms with Gasteiger partial charge in [-0.25, -0.2) is 13.8 Å². The highest BCUT2D eigenvalue weighted by Crippen LogP contribution is 2.20. The minimum Gasteiger partial charge on any atom is -0.354 e. The SMILES string of the molecule is CN(CC(F)F)c1cc(CNC2CC2)ccn1. The van der Waals surface area contributed by atoms with Crippen LogP contribution in [0, 0.1) is 0 Å². The van der Waals surface area contributed by atoms with Gasteiger partial charge in [0.2, 0.25) is 0 Å². The van der Waals surface area contributed by atoms with Crippen LogP contribution < -0.4 is 10.2 Å². The average Bonchev–Trinajstić information content (AvgIpc) is 3.10. The maximum atomic E-state index is 12.3. The maximum absolute atomic E-state index is 12.3. The lowest BCUT2D eigenvalue weighted by molar-refractivity contribution is 0.156. The van der Waals surface area contributed by atoms with Crippen molar-refractivity contribution in [3.05, 3.63) is 23.9 Å². The molecule has 1 aromatic heterocycles. The summed E-state index contributed by atoms with van der Waals surface area (Å²) in [5.74, 6) is 0.598. The molecule has 2 rings (SSSR count). The van der Waals surface area contributed by atoms with Crippen molar-refractivity contribution < 1.29 is 8.78 Å². The van der Waals surface area contributed by atoms with E-state index in [1.165, 1.54) is 17.7 Å². The summed E-state index contributed by atoms with van der Waals surface area (Å²) in [5, 5.41) is 3.39. The van der Waals surface area contributed by atoms with E-state index in [1.54, 1.807) is 13.2 Å². The first-order valence-corrected chi connectivity index (χ1v) is 5.83. The number of rotatable bonds is 6. The van der Waals surface area contributed by atoms with Gasteiger partial charge in [0.05, 0.1) is 6.54 Å². The zero-order valence-corrected chi connectivity index (χ0v) is 9.87. The zero-order valence-electron chi connectivity index (χ0n) is 9.87. The molecule has 0 bridgehead atoms. The van der Waals surface area contributed by atoms with Crippen LogP contribution in [-0.4, -0.2) is 31.0 Å². The van der Waals surface area contributed by atoms with E-state index in [1.807, 2.05) is 12.1 Å². The summed E-state index contributed by atoms with van der Waals surface area (Å²) in [6.45, 7) is 0.495. The minimum atomic E-state index is -2.34. The monoisotopic (exact) mass is 241 g/mol. The van der Waals surface area contributed by atoms with Crippen LogP contribution in [0.5, 0.6) is 0 Å². The summed E-state index contributed by atoms with van der Waals surface area (Å²) in [5.41, 5.74) is 1.09. The quantitative estimate of drug-likeness (QED) is 0.826. The molecule has 0 aliphatic heterocycles. The number of anilines is 1. The van der Waals surface area contributed by atoms with E-state index in [-0.39, 0.29) is 6.54 Å². The number of pyridine rings is 1. The van der Waals surface area contributed by atoms with Gasteiger partial charge < -0.3 is 10.2 Å². The fraction of sp³-hybridized carbons (Fsp3) is 0.583. The van der Waals surface area contributed by atoms with Crippen LogP contribution in [-0.2, 0) is 6.54 Å². The molecule has 1 aliphatic rings. The highest BCUT2D eigenvalue weighted by atomic mass is 19.3. The number of aromatic nitrogens is 1. The van der Waals surface area contributed by atoms with E-state index in [0.717, 1.165) is 12.1 Å². The van der Waals surface area contributed by atoms with Gasteiger partial charge >= 0.3 is 0 Å². The number of nitrogens with zero attached hydrogens (tertiary/aromatic N) is 2. The van der Waals surface area contributed by atoms with Crippen molar-refractivity contribution in [1.29, 1.82) is 0 Å². The van der Waals surface area contributed by atoms with Crippen LogP contribution in [0.2, 0.25) is 0 Å². The van der Waals surface area contributed by atoms with Gasteiger partial charge in [0.25, 0.3) is 6.43 Å². The lowest BCUT2D eigenvalue weighted by Crippen LogP contribution is -2.25. The average molecular weight is 241 g/mol. The van der Waals surface area contributed by atoms with Crippen LogP contribution in [0.1, 0.15) is 18.4 Å². The highest BCUT2D eigenvalue weighted by Gasteiger charge is 2.20. The third-order valence-electron chi connectivity index (χ3n) is 2.79. The van der Waals surface area contributed by atoms with Crippen molar-refractivity contribution >= 4 is 5.82 Å². The summed E-state index contributed by atoms with van der Waals surface area (Å²) < 4.78 is 24.5. The molecule has 17 heavy (non-hydrogen) atoms. The minimum absolute atomic E-state index is 0.285. The second-order valence-electron chi connectivity index (χ2n) is 4.45. The molecule has 5 heteroatoms. The van der Waals surface area contributed by atoms with E-state index in [4.69, 9.17) is 0 Å². The molecule has 1 N–H and O–H groups in total. The Morgan fingerprint density at radius 3 is 2.94 bits per heavy atom. The molecule has 1 saturated carbocycles. The zero-order chi connectivity index (χ0) is 12.3. The second kappa shape index (κ2) is 5.40. The van der Waals surface area contributed by atoms with E-state index < -0.39 is 6.43 Å². The third-order valence-corrected chi connectivity index (χ3v) is 2.79. The Morgan fingerprint density at radius 2 is 2.29 bits per heavy atom. The van der Waals surface area contributed by atoms with Crippen molar-refractivity contribution in [3.8, 4) is 0 Å². The lowest BCUT2D eigenvalue weighted by Gasteiger charge is -2.18. The van der Waals surface area contributed by atoms with Crippen LogP contribution in [0.15, 0.2) is 18.3 Å². The normalized spacial score (nSPS) is 15.3. The van der Waals surface area contributed by atoms with Crippen LogP contribution >= 0.6 is 0 Å². The first kappa shape index (κ1) is 12.2. The van der Waals surface area contributed by atoms with Crippen LogP contribution in [0.4, 0.5) is 14.6 Å². The van der Waals surface area contributed by atoms with Crippen LogP contribution in [0.3, 0.4) is 0 Å². The summed E-state index contributed by atoms with van der Waals surface area (Å²) >= 11 is 0. The predicted octanol–water partition coefficient (Wildman–Crippen LogP) is 2.03. The molecule has 0 saturated heterocycles. The third kappa shape index (κ3) is 3.93. The topological polar surface area (TPSA) is 28.2 Å². The predicted molar refractivity (Wildman–Crippen MR) is 63.4 cm³/mol. The lowest BCUT2D eigenvalue weighted by atomic mass is 10.2. The molecule has 1 aromatic rings. The molecule has 1 aliphatic carbocycles. The Bertz CT molecular complexity index is 367. The maximum Gasteiger partial charge on any atom is 0.255 e. The van der Waals surface area contributed by atoms with Crippen LogP contribution in [0.25, 0.3) is 0 Å². The highest BCUT2D eigenvalue weighted by molar-refractivity contribution is 5.40. The number of halogens is 2. The van der Waals surface area contributed by atoms with E-state index in [0.29, 0.717) is 11.9 Å². The summed E-state index contributed by atoms with van der Waals surface area (Å²) in [7, 11) is 1.63. The van der Waals surface area contributed by atoms with Gasteiger partial charge in [0.1, 0.15) is 5.82 Å². The van der Waals surface area contributed by atoms with Gasteiger partial charge in [-0.1, -0.05) is 0 Å². The van der Waals surface area contributed by atoms with Gasteiger partial charge in [-0.2, -0.15) is 0 Å². The van der Waals surface area contributed by atoms with Crippen molar-refractivity contribution in [2.45, 2.75) is 31.9 Å². The molecular weight excluding hydrogens is 224 g/mol. The number of nitrogens with one attached hydrogen (secondary N) is 1. The fourth-order valence-electron chi connectivity index (χ4n) is 1.63.